The van der Waals surface area contributed by atoms with Gasteiger partial charge in [0.05, 0.1) is 89.6 Å². The van der Waals surface area contributed by atoms with Crippen molar-refractivity contribution in [1.29, 1.82) is 5.26 Å². The van der Waals surface area contributed by atoms with Crippen LogP contribution in [0.3, 0.4) is 0 Å². The normalized spacial score (nSPS) is 13.3. The maximum Gasteiger partial charge on any atom is 0.420 e. The van der Waals surface area contributed by atoms with Gasteiger partial charge in [-0.05, 0) is 153 Å². The largest absolute Gasteiger partial charge is 0.420 e. The van der Waals surface area contributed by atoms with E-state index in [0.29, 0.717) is 45.5 Å². The second-order valence-electron chi connectivity index (χ2n) is 22.7. The van der Waals surface area contributed by atoms with Crippen LogP contribution in [0.15, 0.2) is 182 Å². The zero-order valence-electron chi connectivity index (χ0n) is 48.9. The second-order valence-corrected chi connectivity index (χ2v) is 22.7. The van der Waals surface area contributed by atoms with Crippen molar-refractivity contribution in [2.75, 3.05) is 0 Å². The predicted octanol–water partition coefficient (Wildman–Crippen LogP) is 25.3. The van der Waals surface area contributed by atoms with Gasteiger partial charge in [0.2, 0.25) is 0 Å². The van der Waals surface area contributed by atoms with Crippen LogP contribution in [-0.4, -0.2) is 9.13 Å². The van der Waals surface area contributed by atoms with Crippen molar-refractivity contribution in [3.8, 4) is 73.1 Å². The third-order valence-corrected chi connectivity index (χ3v) is 16.6. The molecule has 100 heavy (non-hydrogen) atoms. The Morgan fingerprint density at radius 3 is 0.740 bits per heavy atom. The molecule has 10 aromatic carbocycles. The molecule has 30 heteroatoms. The highest BCUT2D eigenvalue weighted by molar-refractivity contribution is 6.13. The van der Waals surface area contributed by atoms with Crippen LogP contribution < -0.4 is 0 Å². The van der Waals surface area contributed by atoms with Gasteiger partial charge in [0.25, 0.3) is 0 Å². The van der Waals surface area contributed by atoms with Crippen LogP contribution in [0.25, 0.3) is 111 Å². The van der Waals surface area contributed by atoms with Crippen LogP contribution >= 0.6 is 0 Å². The topological polar surface area (TPSA) is 33.6 Å². The number of alkyl halides is 27. The first kappa shape index (κ1) is 69.3. The van der Waals surface area contributed by atoms with Gasteiger partial charge in [0.15, 0.2) is 0 Å². The molecule has 0 spiro atoms. The Balaban J connectivity index is 1.29. The van der Waals surface area contributed by atoms with Crippen molar-refractivity contribution in [2.45, 2.75) is 55.6 Å². The molecule has 12 rings (SSSR count). The summed E-state index contributed by atoms with van der Waals surface area (Å²) in [6.07, 6.45) is -50.3. The lowest BCUT2D eigenvalue weighted by Crippen LogP contribution is -2.16. The molecule has 3 nitrogen and oxygen atoms in total. The molecule has 514 valence electrons. The lowest BCUT2D eigenvalue weighted by molar-refractivity contribution is -0.144. The second kappa shape index (κ2) is 23.3. The minimum atomic E-state index is -5.99. The van der Waals surface area contributed by atoms with Crippen LogP contribution in [0.5, 0.6) is 0 Å². The summed E-state index contributed by atoms with van der Waals surface area (Å²) in [4.78, 5) is 0. The van der Waals surface area contributed by atoms with E-state index < -0.39 is 189 Å². The van der Waals surface area contributed by atoms with Crippen molar-refractivity contribution in [3.63, 3.8) is 0 Å². The molecule has 0 aliphatic rings. The van der Waals surface area contributed by atoms with E-state index >= 15 is 65.9 Å². The van der Waals surface area contributed by atoms with E-state index in [1.165, 1.54) is 18.2 Å². The van der Waals surface area contributed by atoms with E-state index in [1.54, 1.807) is 6.07 Å². The molecule has 0 aliphatic heterocycles. The standard InChI is InChI=1S/C70H30F27N3/c71-62(72,73)39-8-16-43(51(27-39)66(83,84)85)34-4-12-47-48-13-5-35(44-17-9-40(63(74,75)76)28-52(44)67(86,87)88)22-56(48)99(55(47)21-34)59-25-38(33-3-1-2-32(20-33)31-98)26-60(61(59)70(95,96)97)100-57-23-36(45-18-10-41(64(77,78)79)29-53(45)68(89,90)91)6-14-49(57)50-15-7-37(24-58(50)100)46-19-11-42(65(80,81)82)30-54(46)69(92,93)94/h1-30H. The van der Waals surface area contributed by atoms with Crippen LogP contribution in [0.2, 0.25) is 0 Å². The first-order valence-corrected chi connectivity index (χ1v) is 28.3. The number of hydrogen-bond donors (Lipinski definition) is 0. The summed E-state index contributed by atoms with van der Waals surface area (Å²) in [5.41, 5.74) is -30.8. The number of nitriles is 1. The number of halogens is 27. The Bertz CT molecular complexity index is 4800. The van der Waals surface area contributed by atoms with Crippen molar-refractivity contribution in [1.82, 2.24) is 9.13 Å². The molecular weight excluding hydrogens is 1400 g/mol. The van der Waals surface area contributed by atoms with Crippen LogP contribution in [0.1, 0.15) is 55.6 Å². The van der Waals surface area contributed by atoms with E-state index in [2.05, 4.69) is 0 Å². The quantitative estimate of drug-likeness (QED) is 0.146. The molecule has 0 bridgehead atoms. The van der Waals surface area contributed by atoms with Gasteiger partial charge in [-0.1, -0.05) is 84.9 Å². The highest BCUT2D eigenvalue weighted by atomic mass is 19.4. The van der Waals surface area contributed by atoms with Gasteiger partial charge in [0.1, 0.15) is 5.56 Å². The van der Waals surface area contributed by atoms with Crippen molar-refractivity contribution < 1.29 is 119 Å². The SMILES string of the molecule is N#Cc1cccc(-c2cc(-n3c4cc(-c5ccc(C(F)(F)F)cc5C(F)(F)F)ccc4c4ccc(-c5ccc(C(F)(F)F)cc5C(F)(F)F)cc43)c(C(F)(F)F)c(-n3c4cc(-c5ccc(C(F)(F)F)cc5C(F)(F)F)ccc4c4ccc(-c5ccc(C(F)(F)F)cc5C(F)(F)F)cc43)c2)c1. The van der Waals surface area contributed by atoms with E-state index in [4.69, 9.17) is 0 Å². The fourth-order valence-corrected chi connectivity index (χ4v) is 12.2. The summed E-state index contributed by atoms with van der Waals surface area (Å²) in [7, 11) is 0. The summed E-state index contributed by atoms with van der Waals surface area (Å²) in [6.45, 7) is 0. The monoisotopic (exact) mass is 1430 g/mol. The fourth-order valence-electron chi connectivity index (χ4n) is 12.2. The maximum atomic E-state index is 17.5. The molecule has 0 aliphatic carbocycles. The Morgan fingerprint density at radius 1 is 0.240 bits per heavy atom. The highest BCUT2D eigenvalue weighted by Crippen LogP contribution is 2.52. The van der Waals surface area contributed by atoms with Crippen molar-refractivity contribution in [2.24, 2.45) is 0 Å². The summed E-state index contributed by atoms with van der Waals surface area (Å²) in [5, 5.41) is 8.78. The zero-order chi connectivity index (χ0) is 72.9. The first-order chi connectivity index (χ1) is 46.2. The van der Waals surface area contributed by atoms with Crippen LogP contribution in [0, 0.1) is 11.3 Å². The van der Waals surface area contributed by atoms with E-state index in [0.717, 1.165) is 78.9 Å². The van der Waals surface area contributed by atoms with Gasteiger partial charge >= 0.3 is 55.6 Å². The summed E-state index contributed by atoms with van der Waals surface area (Å²) in [6, 6.07) is 19.0. The summed E-state index contributed by atoms with van der Waals surface area (Å²) < 4.78 is 403. The number of fused-ring (bicyclic) bond motifs is 6. The minimum absolute atomic E-state index is 0.220. The van der Waals surface area contributed by atoms with Crippen LogP contribution in [-0.2, 0) is 55.6 Å². The Morgan fingerprint density at radius 2 is 0.510 bits per heavy atom. The highest BCUT2D eigenvalue weighted by Gasteiger charge is 2.45. The third kappa shape index (κ3) is 12.6. The zero-order valence-corrected chi connectivity index (χ0v) is 48.9. The van der Waals surface area contributed by atoms with Gasteiger partial charge in [-0.2, -0.15) is 124 Å². The van der Waals surface area contributed by atoms with Gasteiger partial charge in [-0.3, -0.25) is 0 Å². The minimum Gasteiger partial charge on any atom is -0.308 e. The molecule has 0 amide bonds. The lowest BCUT2D eigenvalue weighted by Gasteiger charge is -2.24. The lowest BCUT2D eigenvalue weighted by atomic mass is 9.95. The first-order valence-electron chi connectivity index (χ1n) is 28.3. The van der Waals surface area contributed by atoms with E-state index in [9.17, 15) is 57.9 Å². The van der Waals surface area contributed by atoms with Gasteiger partial charge < -0.3 is 9.13 Å². The average molecular weight is 1430 g/mol. The van der Waals surface area contributed by atoms with E-state index in [1.807, 2.05) is 0 Å². The summed E-state index contributed by atoms with van der Waals surface area (Å²) >= 11 is 0. The Labute approximate surface area is 541 Å². The molecule has 0 radical (unpaired) electrons. The predicted molar refractivity (Wildman–Crippen MR) is 312 cm³/mol. The van der Waals surface area contributed by atoms with Crippen LogP contribution in [0.4, 0.5) is 119 Å². The molecular formula is C70H30F27N3. The number of benzene rings is 10. The molecule has 0 fully saturated rings. The molecule has 2 aromatic heterocycles. The number of rotatable bonds is 7. The molecule has 0 unspecified atom stereocenters. The van der Waals surface area contributed by atoms with Crippen molar-refractivity contribution in [3.05, 3.63) is 238 Å². The fraction of sp³-hybridized carbons (Fsp3) is 0.129. The smallest absolute Gasteiger partial charge is 0.308 e. The number of nitrogens with zero attached hydrogens (tertiary/aromatic N) is 3. The Kier molecular flexibility index (Phi) is 16.1. The number of aromatic nitrogens is 2. The van der Waals surface area contributed by atoms with Gasteiger partial charge in [-0.15, -0.1) is 0 Å². The van der Waals surface area contributed by atoms with Gasteiger partial charge in [-0.25, -0.2) is 0 Å². The molecule has 0 saturated carbocycles. The number of hydrogen-bond acceptors (Lipinski definition) is 1. The maximum absolute atomic E-state index is 17.5. The molecule has 0 saturated heterocycles. The molecule has 0 atom stereocenters. The third-order valence-electron chi connectivity index (χ3n) is 16.6. The summed E-state index contributed by atoms with van der Waals surface area (Å²) in [5.74, 6) is 0. The average Bonchev–Trinajstić information content (AvgIpc) is 1.52. The molecule has 12 aromatic rings. The van der Waals surface area contributed by atoms with Gasteiger partial charge in [0, 0.05) is 21.5 Å². The van der Waals surface area contributed by atoms with E-state index in [-0.39, 0.29) is 81.2 Å². The molecule has 0 N–H and O–H groups in total. The Hall–Kier alpha value is -10.6. The molecule has 2 heterocycles. The van der Waals surface area contributed by atoms with Crippen molar-refractivity contribution >= 4 is 43.6 Å².